The van der Waals surface area contributed by atoms with Crippen LogP contribution in [0.3, 0.4) is 0 Å². The van der Waals surface area contributed by atoms with Gasteiger partial charge >= 0.3 is 0 Å². The number of aromatic nitrogens is 1. The van der Waals surface area contributed by atoms with Crippen molar-refractivity contribution >= 4 is 37.7 Å². The number of pyridine rings is 1. The third kappa shape index (κ3) is 2.40. The standard InChI is InChI=1S/C11H15BrN4O3S/c1-11(2)10(17)14-3-4-16(11)20(18,19)8-5-7(12)6-15-9(8)13/h5-6H,3-4H2,1-2H3,(H2,13,15)(H,14,17). The number of nitrogens with one attached hydrogen (secondary N) is 1. The van der Waals surface area contributed by atoms with E-state index in [0.29, 0.717) is 4.47 Å². The molecule has 1 aliphatic rings. The van der Waals surface area contributed by atoms with Crippen molar-refractivity contribution in [3.8, 4) is 0 Å². The first kappa shape index (κ1) is 15.2. The predicted octanol–water partition coefficient (Wildman–Crippen LogP) is 0.325. The minimum Gasteiger partial charge on any atom is -0.383 e. The largest absolute Gasteiger partial charge is 0.383 e. The van der Waals surface area contributed by atoms with E-state index in [1.54, 1.807) is 13.8 Å². The van der Waals surface area contributed by atoms with Crippen molar-refractivity contribution in [2.75, 3.05) is 18.8 Å². The van der Waals surface area contributed by atoms with Gasteiger partial charge in [0.15, 0.2) is 0 Å². The molecule has 2 heterocycles. The Labute approximate surface area is 125 Å². The van der Waals surface area contributed by atoms with Crippen LogP contribution < -0.4 is 11.1 Å². The average Bonchev–Trinajstić information content (AvgIpc) is 2.35. The van der Waals surface area contributed by atoms with Crippen LogP contribution in [0.4, 0.5) is 5.82 Å². The number of rotatable bonds is 2. The fourth-order valence-corrected chi connectivity index (χ4v) is 4.39. The molecule has 0 unspecified atom stereocenters. The number of carbonyl (C=O) groups is 1. The lowest BCUT2D eigenvalue weighted by Crippen LogP contribution is -2.63. The molecule has 0 aliphatic carbocycles. The molecule has 1 amide bonds. The summed E-state index contributed by atoms with van der Waals surface area (Å²) in [6.45, 7) is 3.57. The van der Waals surface area contributed by atoms with E-state index in [1.807, 2.05) is 0 Å². The third-order valence-electron chi connectivity index (χ3n) is 3.20. The second kappa shape index (κ2) is 4.97. The Kier molecular flexibility index (Phi) is 3.78. The van der Waals surface area contributed by atoms with Crippen molar-refractivity contribution < 1.29 is 13.2 Å². The lowest BCUT2D eigenvalue weighted by molar-refractivity contribution is -0.131. The molecule has 20 heavy (non-hydrogen) atoms. The molecule has 1 aromatic heterocycles. The Morgan fingerprint density at radius 2 is 2.15 bits per heavy atom. The smallest absolute Gasteiger partial charge is 0.247 e. The molecule has 7 nitrogen and oxygen atoms in total. The molecular formula is C11H15BrN4O3S. The lowest BCUT2D eigenvalue weighted by Gasteiger charge is -2.39. The lowest BCUT2D eigenvalue weighted by atomic mass is 10.0. The van der Waals surface area contributed by atoms with E-state index in [1.165, 1.54) is 12.3 Å². The first-order chi connectivity index (χ1) is 9.17. The highest BCUT2D eigenvalue weighted by Gasteiger charge is 2.45. The fourth-order valence-electron chi connectivity index (χ4n) is 2.06. The van der Waals surface area contributed by atoms with Gasteiger partial charge in [-0.25, -0.2) is 13.4 Å². The van der Waals surface area contributed by atoms with Gasteiger partial charge in [0.05, 0.1) is 0 Å². The van der Waals surface area contributed by atoms with Crippen LogP contribution >= 0.6 is 15.9 Å². The summed E-state index contributed by atoms with van der Waals surface area (Å²) in [6, 6.07) is 1.39. The zero-order chi connectivity index (χ0) is 15.1. The van der Waals surface area contributed by atoms with E-state index in [0.717, 1.165) is 4.31 Å². The summed E-state index contributed by atoms with van der Waals surface area (Å²) < 4.78 is 27.1. The van der Waals surface area contributed by atoms with Crippen LogP contribution in [0.1, 0.15) is 13.8 Å². The summed E-state index contributed by atoms with van der Waals surface area (Å²) in [5.41, 5.74) is 4.49. The molecule has 0 saturated carbocycles. The molecule has 0 radical (unpaired) electrons. The molecule has 1 saturated heterocycles. The van der Waals surface area contributed by atoms with Crippen LogP contribution in [-0.4, -0.2) is 42.2 Å². The highest BCUT2D eigenvalue weighted by atomic mass is 79.9. The molecule has 3 N–H and O–H groups in total. The van der Waals surface area contributed by atoms with Crippen molar-refractivity contribution in [3.63, 3.8) is 0 Å². The number of nitrogens with two attached hydrogens (primary N) is 1. The maximum absolute atomic E-state index is 12.7. The number of piperazine rings is 1. The molecule has 0 bridgehead atoms. The molecule has 1 aromatic rings. The minimum absolute atomic E-state index is 0.0880. The summed E-state index contributed by atoms with van der Waals surface area (Å²) in [4.78, 5) is 15.6. The van der Waals surface area contributed by atoms with Crippen molar-refractivity contribution in [2.45, 2.75) is 24.3 Å². The SMILES string of the molecule is CC1(C)C(=O)NCCN1S(=O)(=O)c1cc(Br)cnc1N. The number of hydrogen-bond acceptors (Lipinski definition) is 5. The molecule has 110 valence electrons. The van der Waals surface area contributed by atoms with Crippen molar-refractivity contribution in [1.29, 1.82) is 0 Å². The highest BCUT2D eigenvalue weighted by Crippen LogP contribution is 2.30. The maximum atomic E-state index is 12.7. The van der Waals surface area contributed by atoms with Crippen LogP contribution in [0.2, 0.25) is 0 Å². The number of amides is 1. The van der Waals surface area contributed by atoms with Crippen LogP contribution in [0.25, 0.3) is 0 Å². The number of halogens is 1. The summed E-state index contributed by atoms with van der Waals surface area (Å²) in [6.07, 6.45) is 1.42. The van der Waals surface area contributed by atoms with Gasteiger partial charge in [-0.1, -0.05) is 0 Å². The molecule has 9 heteroatoms. The van der Waals surface area contributed by atoms with Crippen molar-refractivity contribution in [1.82, 2.24) is 14.6 Å². The van der Waals surface area contributed by atoms with Crippen molar-refractivity contribution in [3.05, 3.63) is 16.7 Å². The highest BCUT2D eigenvalue weighted by molar-refractivity contribution is 9.10. The number of nitrogens with zero attached hydrogens (tertiary/aromatic N) is 2. The molecule has 0 spiro atoms. The topological polar surface area (TPSA) is 105 Å². The maximum Gasteiger partial charge on any atom is 0.247 e. The summed E-state index contributed by atoms with van der Waals surface area (Å²) in [5, 5.41) is 2.65. The number of hydrogen-bond donors (Lipinski definition) is 2. The zero-order valence-electron chi connectivity index (χ0n) is 11.1. The van der Waals surface area contributed by atoms with Gasteiger partial charge in [-0.05, 0) is 35.8 Å². The van der Waals surface area contributed by atoms with Gasteiger partial charge in [0, 0.05) is 23.8 Å². The van der Waals surface area contributed by atoms with Gasteiger partial charge < -0.3 is 11.1 Å². The van der Waals surface area contributed by atoms with Gasteiger partial charge in [0.1, 0.15) is 16.3 Å². The fraction of sp³-hybridized carbons (Fsp3) is 0.455. The molecule has 0 atom stereocenters. The van der Waals surface area contributed by atoms with Gasteiger partial charge in [0.2, 0.25) is 15.9 Å². The first-order valence-electron chi connectivity index (χ1n) is 5.89. The summed E-state index contributed by atoms with van der Waals surface area (Å²) >= 11 is 3.17. The second-order valence-corrected chi connectivity index (χ2v) is 7.68. The number of sulfonamides is 1. The zero-order valence-corrected chi connectivity index (χ0v) is 13.5. The van der Waals surface area contributed by atoms with Crippen molar-refractivity contribution in [2.24, 2.45) is 0 Å². The summed E-state index contributed by atoms with van der Waals surface area (Å²) in [5.74, 6) is -0.427. The number of anilines is 1. The monoisotopic (exact) mass is 362 g/mol. The molecule has 1 fully saturated rings. The third-order valence-corrected chi connectivity index (χ3v) is 5.73. The average molecular weight is 363 g/mol. The Balaban J connectivity index is 2.55. The first-order valence-corrected chi connectivity index (χ1v) is 8.13. The summed E-state index contributed by atoms with van der Waals surface area (Å²) in [7, 11) is -3.90. The van der Waals surface area contributed by atoms with E-state index in [9.17, 15) is 13.2 Å². The number of carbonyl (C=O) groups excluding carboxylic acids is 1. The van der Waals surface area contributed by atoms with Gasteiger partial charge in [-0.2, -0.15) is 4.31 Å². The Hall–Kier alpha value is -1.19. The van der Waals surface area contributed by atoms with Crippen LogP contribution in [0, 0.1) is 0 Å². The Bertz CT molecular complexity index is 660. The molecule has 0 aromatic carbocycles. The van der Waals surface area contributed by atoms with E-state index in [-0.39, 0.29) is 29.7 Å². The second-order valence-electron chi connectivity index (χ2n) is 4.93. The van der Waals surface area contributed by atoms with Crippen LogP contribution in [0.15, 0.2) is 21.6 Å². The molecule has 2 rings (SSSR count). The van der Waals surface area contributed by atoms with Crippen LogP contribution in [-0.2, 0) is 14.8 Å². The number of nitrogen functional groups attached to an aromatic ring is 1. The van der Waals surface area contributed by atoms with E-state index >= 15 is 0 Å². The normalized spacial score (nSPS) is 19.6. The minimum atomic E-state index is -3.90. The van der Waals surface area contributed by atoms with E-state index in [2.05, 4.69) is 26.2 Å². The van der Waals surface area contributed by atoms with Gasteiger partial charge in [-0.15, -0.1) is 0 Å². The van der Waals surface area contributed by atoms with E-state index < -0.39 is 15.6 Å². The Morgan fingerprint density at radius 3 is 2.80 bits per heavy atom. The molecular weight excluding hydrogens is 348 g/mol. The van der Waals surface area contributed by atoms with Crippen LogP contribution in [0.5, 0.6) is 0 Å². The van der Waals surface area contributed by atoms with E-state index in [4.69, 9.17) is 5.73 Å². The Morgan fingerprint density at radius 1 is 1.50 bits per heavy atom. The van der Waals surface area contributed by atoms with Gasteiger partial charge in [0.25, 0.3) is 0 Å². The van der Waals surface area contributed by atoms with Gasteiger partial charge in [-0.3, -0.25) is 4.79 Å². The quantitative estimate of drug-likeness (QED) is 0.788. The predicted molar refractivity (Wildman–Crippen MR) is 77.3 cm³/mol. The molecule has 1 aliphatic heterocycles.